The summed E-state index contributed by atoms with van der Waals surface area (Å²) in [6.07, 6.45) is 8.50. The van der Waals surface area contributed by atoms with Gasteiger partial charge in [-0.3, -0.25) is 9.89 Å². The monoisotopic (exact) mass is 372 g/mol. The molecule has 2 aromatic rings. The summed E-state index contributed by atoms with van der Waals surface area (Å²) in [5, 5.41) is 11.0. The predicted octanol–water partition coefficient (Wildman–Crippen LogP) is 4.53. The van der Waals surface area contributed by atoms with Crippen LogP contribution in [0.4, 0.5) is 5.69 Å². The normalized spacial score (nSPS) is 14.7. The molecular weight excluding hydrogens is 344 g/mol. The Morgan fingerprint density at radius 3 is 2.92 bits per heavy atom. The summed E-state index contributed by atoms with van der Waals surface area (Å²) < 4.78 is 0. The van der Waals surface area contributed by atoms with E-state index in [2.05, 4.69) is 33.5 Å². The Kier molecular flexibility index (Phi) is 6.72. The SMILES string of the molecule is CCc1cccc(C)c1NC(=O)CSc1n[nH]c(CCC2CCCC2)n1. The van der Waals surface area contributed by atoms with E-state index < -0.39 is 0 Å². The summed E-state index contributed by atoms with van der Waals surface area (Å²) >= 11 is 1.38. The van der Waals surface area contributed by atoms with Crippen LogP contribution >= 0.6 is 11.8 Å². The van der Waals surface area contributed by atoms with Crippen molar-refractivity contribution in [1.82, 2.24) is 15.2 Å². The smallest absolute Gasteiger partial charge is 0.234 e. The Bertz CT molecular complexity index is 737. The molecule has 140 valence electrons. The minimum absolute atomic E-state index is 0.0173. The van der Waals surface area contributed by atoms with Crippen LogP contribution in [0.2, 0.25) is 0 Å². The molecule has 1 aliphatic rings. The number of carbonyl (C=O) groups is 1. The maximum Gasteiger partial charge on any atom is 0.234 e. The van der Waals surface area contributed by atoms with Crippen LogP contribution < -0.4 is 5.32 Å². The number of aryl methyl sites for hydroxylation is 3. The lowest BCUT2D eigenvalue weighted by atomic mass is 10.0. The van der Waals surface area contributed by atoms with Crippen LogP contribution in [-0.2, 0) is 17.6 Å². The van der Waals surface area contributed by atoms with E-state index in [0.29, 0.717) is 10.9 Å². The number of hydrogen-bond donors (Lipinski definition) is 2. The molecular formula is C20H28N4OS. The number of benzene rings is 1. The van der Waals surface area contributed by atoms with Crippen molar-refractivity contribution in [2.24, 2.45) is 5.92 Å². The third kappa shape index (κ3) is 5.10. The van der Waals surface area contributed by atoms with Crippen molar-refractivity contribution in [2.75, 3.05) is 11.1 Å². The Balaban J connectivity index is 1.47. The molecule has 1 amide bonds. The first-order valence-electron chi connectivity index (χ1n) is 9.58. The van der Waals surface area contributed by atoms with Crippen LogP contribution in [0.3, 0.4) is 0 Å². The molecule has 1 aromatic heterocycles. The summed E-state index contributed by atoms with van der Waals surface area (Å²) in [5.41, 5.74) is 3.19. The molecule has 1 heterocycles. The molecule has 0 saturated heterocycles. The quantitative estimate of drug-likeness (QED) is 0.668. The fourth-order valence-corrected chi connectivity index (χ4v) is 4.22. The van der Waals surface area contributed by atoms with E-state index in [1.165, 1.54) is 43.9 Å². The zero-order valence-electron chi connectivity index (χ0n) is 15.7. The Labute approximate surface area is 159 Å². The van der Waals surface area contributed by atoms with Gasteiger partial charge >= 0.3 is 0 Å². The van der Waals surface area contributed by atoms with Crippen LogP contribution in [0.1, 0.15) is 56.0 Å². The molecule has 0 radical (unpaired) electrons. The zero-order valence-corrected chi connectivity index (χ0v) is 16.5. The van der Waals surface area contributed by atoms with Gasteiger partial charge in [-0.2, -0.15) is 0 Å². The number of para-hydroxylation sites is 1. The molecule has 26 heavy (non-hydrogen) atoms. The zero-order chi connectivity index (χ0) is 18.4. The van der Waals surface area contributed by atoms with Gasteiger partial charge in [0, 0.05) is 12.1 Å². The predicted molar refractivity (Wildman–Crippen MR) is 107 cm³/mol. The van der Waals surface area contributed by atoms with Crippen molar-refractivity contribution in [3.63, 3.8) is 0 Å². The van der Waals surface area contributed by atoms with Crippen LogP contribution in [0.25, 0.3) is 0 Å². The first-order chi connectivity index (χ1) is 12.7. The van der Waals surface area contributed by atoms with Gasteiger partial charge in [0.15, 0.2) is 0 Å². The lowest BCUT2D eigenvalue weighted by Gasteiger charge is -2.12. The van der Waals surface area contributed by atoms with Gasteiger partial charge in [-0.1, -0.05) is 62.6 Å². The number of nitrogens with zero attached hydrogens (tertiary/aromatic N) is 2. The Morgan fingerprint density at radius 1 is 1.35 bits per heavy atom. The summed E-state index contributed by atoms with van der Waals surface area (Å²) in [4.78, 5) is 16.8. The molecule has 1 fully saturated rings. The number of amides is 1. The van der Waals surface area contributed by atoms with Crippen LogP contribution in [-0.4, -0.2) is 26.8 Å². The molecule has 2 N–H and O–H groups in total. The molecule has 6 heteroatoms. The summed E-state index contributed by atoms with van der Waals surface area (Å²) in [7, 11) is 0. The Morgan fingerprint density at radius 2 is 2.15 bits per heavy atom. The number of rotatable bonds is 8. The molecule has 1 aliphatic carbocycles. The third-order valence-corrected chi connectivity index (χ3v) is 5.96. The van der Waals surface area contributed by atoms with Gasteiger partial charge < -0.3 is 5.32 Å². The molecule has 0 bridgehead atoms. The van der Waals surface area contributed by atoms with Gasteiger partial charge in [0.25, 0.3) is 0 Å². The highest BCUT2D eigenvalue weighted by molar-refractivity contribution is 7.99. The topological polar surface area (TPSA) is 70.7 Å². The van der Waals surface area contributed by atoms with Gasteiger partial charge in [0.2, 0.25) is 11.1 Å². The van der Waals surface area contributed by atoms with Gasteiger partial charge in [-0.05, 0) is 36.8 Å². The van der Waals surface area contributed by atoms with Crippen molar-refractivity contribution in [3.05, 3.63) is 35.2 Å². The largest absolute Gasteiger partial charge is 0.325 e. The number of thioether (sulfide) groups is 1. The average molecular weight is 373 g/mol. The summed E-state index contributed by atoms with van der Waals surface area (Å²) in [5.74, 6) is 2.09. The first kappa shape index (κ1) is 19.0. The number of anilines is 1. The van der Waals surface area contributed by atoms with Crippen molar-refractivity contribution < 1.29 is 4.79 Å². The third-order valence-electron chi connectivity index (χ3n) is 5.11. The van der Waals surface area contributed by atoms with Crippen LogP contribution in [0, 0.1) is 12.8 Å². The molecule has 0 spiro atoms. The molecule has 5 nitrogen and oxygen atoms in total. The van der Waals surface area contributed by atoms with Gasteiger partial charge in [0.05, 0.1) is 5.75 Å². The van der Waals surface area contributed by atoms with E-state index in [0.717, 1.165) is 41.4 Å². The average Bonchev–Trinajstić information content (AvgIpc) is 3.31. The fraction of sp³-hybridized carbons (Fsp3) is 0.550. The fourth-order valence-electron chi connectivity index (χ4n) is 3.60. The van der Waals surface area contributed by atoms with Crippen LogP contribution in [0.5, 0.6) is 0 Å². The first-order valence-corrected chi connectivity index (χ1v) is 10.6. The molecule has 0 aliphatic heterocycles. The lowest BCUT2D eigenvalue weighted by Crippen LogP contribution is -2.16. The second kappa shape index (κ2) is 9.21. The number of H-pyrrole nitrogens is 1. The molecule has 1 aromatic carbocycles. The van der Waals surface area contributed by atoms with Crippen molar-refractivity contribution in [1.29, 1.82) is 0 Å². The van der Waals surface area contributed by atoms with E-state index in [1.807, 2.05) is 19.1 Å². The molecule has 0 unspecified atom stereocenters. The van der Waals surface area contributed by atoms with Gasteiger partial charge in [0.1, 0.15) is 5.82 Å². The van der Waals surface area contributed by atoms with Crippen molar-refractivity contribution in [3.8, 4) is 0 Å². The van der Waals surface area contributed by atoms with Gasteiger partial charge in [-0.15, -0.1) is 5.10 Å². The molecule has 3 rings (SSSR count). The Hall–Kier alpha value is -1.82. The second-order valence-corrected chi connectivity index (χ2v) is 8.00. The number of carbonyl (C=O) groups excluding carboxylic acids is 1. The van der Waals surface area contributed by atoms with Crippen LogP contribution in [0.15, 0.2) is 23.4 Å². The summed E-state index contributed by atoms with van der Waals surface area (Å²) in [6.45, 7) is 4.12. The molecule has 1 saturated carbocycles. The highest BCUT2D eigenvalue weighted by Crippen LogP contribution is 2.28. The number of nitrogens with one attached hydrogen (secondary N) is 2. The number of aromatic nitrogens is 3. The van der Waals surface area contributed by atoms with E-state index in [4.69, 9.17) is 0 Å². The minimum Gasteiger partial charge on any atom is -0.325 e. The van der Waals surface area contributed by atoms with Crippen molar-refractivity contribution >= 4 is 23.4 Å². The number of aromatic amines is 1. The highest BCUT2D eigenvalue weighted by Gasteiger charge is 2.16. The highest BCUT2D eigenvalue weighted by atomic mass is 32.2. The maximum absolute atomic E-state index is 12.3. The van der Waals surface area contributed by atoms with E-state index in [-0.39, 0.29) is 5.91 Å². The molecule has 0 atom stereocenters. The van der Waals surface area contributed by atoms with E-state index in [1.54, 1.807) is 0 Å². The number of hydrogen-bond acceptors (Lipinski definition) is 4. The standard InChI is InChI=1S/C20H28N4OS/c1-3-16-10-6-7-14(2)19(16)22-18(25)13-26-20-21-17(23-24-20)12-11-15-8-4-5-9-15/h6-7,10,15H,3-5,8-9,11-13H2,1-2H3,(H,22,25)(H,21,23,24). The van der Waals surface area contributed by atoms with Crippen molar-refractivity contribution in [2.45, 2.75) is 63.9 Å². The minimum atomic E-state index is -0.0173. The van der Waals surface area contributed by atoms with E-state index >= 15 is 0 Å². The lowest BCUT2D eigenvalue weighted by molar-refractivity contribution is -0.113. The maximum atomic E-state index is 12.3. The summed E-state index contributed by atoms with van der Waals surface area (Å²) in [6, 6.07) is 6.11. The van der Waals surface area contributed by atoms with Gasteiger partial charge in [-0.25, -0.2) is 4.98 Å². The second-order valence-electron chi connectivity index (χ2n) is 7.05. The van der Waals surface area contributed by atoms with E-state index in [9.17, 15) is 4.79 Å².